The number of unbranched alkanes of at least 4 members (excludes halogenated alkanes) is 18. The molecule has 0 aromatic carbocycles. The molecule has 54 heavy (non-hydrogen) atoms. The van der Waals surface area contributed by atoms with Crippen LogP contribution >= 0.6 is 0 Å². The van der Waals surface area contributed by atoms with Crippen LogP contribution in [0.1, 0.15) is 240 Å². The topological polar surface area (TPSA) is 67.9 Å². The zero-order valence-electron chi connectivity index (χ0n) is 37.5. The van der Waals surface area contributed by atoms with Gasteiger partial charge in [0.2, 0.25) is 5.91 Å². The van der Waals surface area contributed by atoms with Crippen LogP contribution in [0.3, 0.4) is 0 Å². The molecule has 0 fully saturated rings. The smallest absolute Gasteiger partial charge is 0.306 e. The second-order valence-corrected chi connectivity index (χ2v) is 17.0. The van der Waals surface area contributed by atoms with Crippen molar-refractivity contribution in [3.8, 4) is 0 Å². The molecule has 0 aliphatic heterocycles. The maximum absolute atomic E-state index is 12.7. The molecule has 1 unspecified atom stereocenters. The highest BCUT2D eigenvalue weighted by molar-refractivity contribution is 5.78. The van der Waals surface area contributed by atoms with Crippen LogP contribution in [-0.4, -0.2) is 62.8 Å². The highest BCUT2D eigenvalue weighted by Crippen LogP contribution is 2.23. The number of nitrogens with zero attached hydrogens (tertiary/aromatic N) is 1. The van der Waals surface area contributed by atoms with E-state index in [-0.39, 0.29) is 17.9 Å². The van der Waals surface area contributed by atoms with Crippen molar-refractivity contribution in [2.75, 3.05) is 40.0 Å². The number of nitrogens with one attached hydrogen (secondary N) is 1. The lowest BCUT2D eigenvalue weighted by Gasteiger charge is -2.21. The van der Waals surface area contributed by atoms with Gasteiger partial charge in [-0.3, -0.25) is 14.5 Å². The summed E-state index contributed by atoms with van der Waals surface area (Å²) >= 11 is 0. The number of hydrogen-bond donors (Lipinski definition) is 1. The zero-order valence-corrected chi connectivity index (χ0v) is 37.5. The van der Waals surface area contributed by atoms with Crippen LogP contribution in [0.15, 0.2) is 0 Å². The predicted molar refractivity (Wildman–Crippen MR) is 234 cm³/mol. The molecule has 6 heteroatoms. The fourth-order valence-electron chi connectivity index (χ4n) is 7.77. The third kappa shape index (κ3) is 36.5. The van der Waals surface area contributed by atoms with Crippen LogP contribution in [0, 0.1) is 11.8 Å². The molecule has 0 aliphatic carbocycles. The Labute approximate surface area is 338 Å². The van der Waals surface area contributed by atoms with Crippen LogP contribution in [-0.2, 0) is 19.1 Å². The second kappa shape index (κ2) is 41.5. The van der Waals surface area contributed by atoms with Gasteiger partial charge >= 0.3 is 5.97 Å². The van der Waals surface area contributed by atoms with Gasteiger partial charge in [-0.2, -0.15) is 0 Å². The number of rotatable bonds is 43. The molecule has 322 valence electrons. The van der Waals surface area contributed by atoms with E-state index < -0.39 is 0 Å². The molecular formula is C48H96N2O4. The molecule has 0 radical (unpaired) electrons. The van der Waals surface area contributed by atoms with Crippen molar-refractivity contribution in [1.82, 2.24) is 10.2 Å². The molecule has 0 aromatic heterocycles. The largest absolute Gasteiger partial charge is 0.466 e. The maximum atomic E-state index is 12.7. The number of likely N-dealkylation sites (N-methyl/N-ethyl adjacent to an activating group) is 1. The van der Waals surface area contributed by atoms with Crippen molar-refractivity contribution < 1.29 is 19.1 Å². The van der Waals surface area contributed by atoms with E-state index in [1.165, 1.54) is 173 Å². The van der Waals surface area contributed by atoms with Crippen molar-refractivity contribution in [1.29, 1.82) is 0 Å². The molecule has 0 bridgehead atoms. The number of carbonyl (C=O) groups is 2. The lowest BCUT2D eigenvalue weighted by molar-refractivity contribution is -0.145. The van der Waals surface area contributed by atoms with E-state index in [4.69, 9.17) is 9.47 Å². The molecule has 0 rings (SSSR count). The monoisotopic (exact) mass is 765 g/mol. The van der Waals surface area contributed by atoms with E-state index in [2.05, 4.69) is 44.8 Å². The fraction of sp³-hybridized carbons (Fsp3) is 0.958. The van der Waals surface area contributed by atoms with Crippen molar-refractivity contribution in [2.24, 2.45) is 11.8 Å². The van der Waals surface area contributed by atoms with Crippen LogP contribution in [0.4, 0.5) is 0 Å². The Hall–Kier alpha value is -1.14. The van der Waals surface area contributed by atoms with Gasteiger partial charge in [0, 0.05) is 25.7 Å². The van der Waals surface area contributed by atoms with Crippen molar-refractivity contribution in [3.63, 3.8) is 0 Å². The second-order valence-electron chi connectivity index (χ2n) is 17.0. The molecule has 1 atom stereocenters. The van der Waals surface area contributed by atoms with Crippen molar-refractivity contribution >= 4 is 11.9 Å². The Balaban J connectivity index is 4.20. The zero-order chi connectivity index (χ0) is 39.7. The predicted octanol–water partition coefficient (Wildman–Crippen LogP) is 13.8. The molecule has 0 aromatic rings. The Bertz CT molecular complexity index is 773. The minimum atomic E-state index is 0.0147. The molecule has 0 saturated heterocycles. The Morgan fingerprint density at radius 3 is 1.39 bits per heavy atom. The lowest BCUT2D eigenvalue weighted by atomic mass is 9.92. The third-order valence-corrected chi connectivity index (χ3v) is 11.6. The Morgan fingerprint density at radius 1 is 0.481 bits per heavy atom. The molecule has 1 amide bonds. The summed E-state index contributed by atoms with van der Waals surface area (Å²) in [6, 6.07) is 0.288. The molecule has 1 N–H and O–H groups in total. The summed E-state index contributed by atoms with van der Waals surface area (Å²) in [5.74, 6) is 1.54. The summed E-state index contributed by atoms with van der Waals surface area (Å²) in [4.78, 5) is 27.3. The highest BCUT2D eigenvalue weighted by atomic mass is 16.5. The average molecular weight is 765 g/mol. The van der Waals surface area contributed by atoms with Crippen LogP contribution < -0.4 is 5.32 Å². The summed E-state index contributed by atoms with van der Waals surface area (Å²) in [5, 5.41) is 3.37. The number of carbonyl (C=O) groups excluding carboxylic acids is 2. The lowest BCUT2D eigenvalue weighted by Crippen LogP contribution is -2.41. The van der Waals surface area contributed by atoms with Crippen LogP contribution in [0.25, 0.3) is 0 Å². The molecule has 0 aliphatic rings. The van der Waals surface area contributed by atoms with Gasteiger partial charge in [0.1, 0.15) is 0 Å². The first-order chi connectivity index (χ1) is 26.4. The maximum Gasteiger partial charge on any atom is 0.306 e. The summed E-state index contributed by atoms with van der Waals surface area (Å²) in [7, 11) is 2.01. The van der Waals surface area contributed by atoms with Crippen LogP contribution in [0.2, 0.25) is 0 Å². The Morgan fingerprint density at radius 2 is 0.907 bits per heavy atom. The summed E-state index contributed by atoms with van der Waals surface area (Å²) < 4.78 is 11.7. The number of esters is 1. The van der Waals surface area contributed by atoms with Crippen LogP contribution in [0.5, 0.6) is 0 Å². The standard InChI is InChI=1S/C48H96N2O4/c1-7-12-24-32-44(33-25-13-8-2)38-41-53-39-30-22-18-16-20-28-36-46(49-47(51)43-50(6)11-5)37-29-21-17-19-23-31-40-54-48(52)42-45(34-26-14-9-3)35-27-15-10-4/h44-46H,7-43H2,1-6H3,(H,49,51). The minimum Gasteiger partial charge on any atom is -0.466 e. The molecule has 0 spiro atoms. The van der Waals surface area contributed by atoms with E-state index in [0.29, 0.717) is 25.5 Å². The van der Waals surface area contributed by atoms with Gasteiger partial charge in [-0.25, -0.2) is 0 Å². The molecule has 6 nitrogen and oxygen atoms in total. The van der Waals surface area contributed by atoms with Crippen molar-refractivity contribution in [2.45, 2.75) is 246 Å². The van der Waals surface area contributed by atoms with Gasteiger partial charge < -0.3 is 14.8 Å². The first-order valence-corrected chi connectivity index (χ1v) is 24.1. The Kier molecular flexibility index (Phi) is 40.6. The van der Waals surface area contributed by atoms with E-state index in [0.717, 1.165) is 51.4 Å². The fourth-order valence-corrected chi connectivity index (χ4v) is 7.77. The van der Waals surface area contributed by atoms with Crippen molar-refractivity contribution in [3.05, 3.63) is 0 Å². The van der Waals surface area contributed by atoms with E-state index in [9.17, 15) is 9.59 Å². The average Bonchev–Trinajstić information content (AvgIpc) is 3.15. The van der Waals surface area contributed by atoms with E-state index >= 15 is 0 Å². The number of ether oxygens (including phenoxy) is 2. The first kappa shape index (κ1) is 52.9. The van der Waals surface area contributed by atoms with Gasteiger partial charge in [-0.1, -0.05) is 189 Å². The van der Waals surface area contributed by atoms with Gasteiger partial charge in [0.25, 0.3) is 0 Å². The van der Waals surface area contributed by atoms with Gasteiger partial charge in [0.15, 0.2) is 0 Å². The van der Waals surface area contributed by atoms with E-state index in [1.807, 2.05) is 7.05 Å². The summed E-state index contributed by atoms with van der Waals surface area (Å²) in [6.07, 6.45) is 39.1. The minimum absolute atomic E-state index is 0.0147. The van der Waals surface area contributed by atoms with Gasteiger partial charge in [-0.05, 0) is 70.4 Å². The number of amides is 1. The SMILES string of the molecule is CCCCCC(CCCCC)CCOCCCCCCCCC(CCCCCCCCOC(=O)CC(CCCCC)CCCCC)NC(=O)CN(C)CC. The summed E-state index contributed by atoms with van der Waals surface area (Å²) in [5.41, 5.74) is 0. The molecule has 0 saturated carbocycles. The normalized spacial score (nSPS) is 12.3. The third-order valence-electron chi connectivity index (χ3n) is 11.6. The number of hydrogen-bond acceptors (Lipinski definition) is 5. The van der Waals surface area contributed by atoms with E-state index in [1.54, 1.807) is 0 Å². The van der Waals surface area contributed by atoms with Gasteiger partial charge in [-0.15, -0.1) is 0 Å². The molecular weight excluding hydrogens is 669 g/mol. The van der Waals surface area contributed by atoms with Gasteiger partial charge in [0.05, 0.1) is 13.2 Å². The summed E-state index contributed by atoms with van der Waals surface area (Å²) in [6.45, 7) is 15.0. The quantitative estimate of drug-likeness (QED) is 0.0495. The molecule has 0 heterocycles. The first-order valence-electron chi connectivity index (χ1n) is 24.1. The highest BCUT2D eigenvalue weighted by Gasteiger charge is 2.16.